The molecule has 13 heavy (non-hydrogen) atoms. The molecule has 0 N–H and O–H groups in total. The van der Waals surface area contributed by atoms with Gasteiger partial charge in [0.25, 0.3) is 0 Å². The molecule has 0 aliphatic carbocycles. The van der Waals surface area contributed by atoms with Gasteiger partial charge in [0.2, 0.25) is 0 Å². The zero-order valence-corrected chi connectivity index (χ0v) is 7.80. The van der Waals surface area contributed by atoms with Gasteiger partial charge in [-0.15, -0.1) is 0 Å². The van der Waals surface area contributed by atoms with E-state index in [9.17, 15) is 13.0 Å². The molecule has 0 radical (unpaired) electrons. The van der Waals surface area contributed by atoms with E-state index >= 15 is 0 Å². The van der Waals surface area contributed by atoms with E-state index < -0.39 is 10.1 Å². The number of hydrogen-bond donors (Lipinski definition) is 0. The average molecular weight is 215 g/mol. The van der Waals surface area contributed by atoms with Gasteiger partial charge in [-0.1, -0.05) is 6.07 Å². The highest BCUT2D eigenvalue weighted by Gasteiger charge is 2.09. The number of nitrogens with zero attached hydrogens (tertiary/aromatic N) is 2. The second kappa shape index (κ2) is 2.72. The predicted molar refractivity (Wildman–Crippen MR) is 45.4 cm³/mol. The summed E-state index contributed by atoms with van der Waals surface area (Å²) in [4.78, 5) is -0.307. The normalized spacial score (nSPS) is 12.1. The molecule has 1 aromatic carbocycles. The Labute approximate surface area is 78.1 Å². The molecule has 5 nitrogen and oxygen atoms in total. The minimum Gasteiger partial charge on any atom is -0.744 e. The summed E-state index contributed by atoms with van der Waals surface area (Å²) in [5.41, 5.74) is 0.587. The van der Waals surface area contributed by atoms with Crippen LogP contribution in [0.1, 0.15) is 0 Å². The lowest BCUT2D eigenvalue weighted by atomic mass is 10.3. The van der Waals surface area contributed by atoms with Crippen LogP contribution in [0.15, 0.2) is 23.1 Å². The molecule has 2 rings (SSSR count). The first-order valence-electron chi connectivity index (χ1n) is 3.26. The Kier molecular flexibility index (Phi) is 1.79. The van der Waals surface area contributed by atoms with Crippen molar-refractivity contribution >= 4 is 32.9 Å². The van der Waals surface area contributed by atoms with Gasteiger partial charge in [-0.3, -0.25) is 0 Å². The van der Waals surface area contributed by atoms with Crippen molar-refractivity contribution < 1.29 is 13.0 Å². The van der Waals surface area contributed by atoms with E-state index in [1.54, 1.807) is 6.07 Å². The number of rotatable bonds is 1. The highest BCUT2D eigenvalue weighted by atomic mass is 32.2. The quantitative estimate of drug-likeness (QED) is 0.650. The van der Waals surface area contributed by atoms with E-state index in [2.05, 4.69) is 8.75 Å². The lowest BCUT2D eigenvalue weighted by Crippen LogP contribution is -1.99. The maximum atomic E-state index is 10.7. The minimum absolute atomic E-state index is 0.155. The molecule has 0 spiro atoms. The fraction of sp³-hybridized carbons (Fsp3) is 0. The van der Waals surface area contributed by atoms with E-state index in [4.69, 9.17) is 0 Å². The summed E-state index contributed by atoms with van der Waals surface area (Å²) in [5, 5.41) is 0. The Morgan fingerprint density at radius 2 is 2.08 bits per heavy atom. The van der Waals surface area contributed by atoms with Crippen LogP contribution < -0.4 is 0 Å². The first kappa shape index (κ1) is 8.54. The highest BCUT2D eigenvalue weighted by molar-refractivity contribution is 7.86. The third-order valence-electron chi connectivity index (χ3n) is 1.52. The molecule has 68 valence electrons. The van der Waals surface area contributed by atoms with Crippen LogP contribution in [0.2, 0.25) is 0 Å². The van der Waals surface area contributed by atoms with E-state index in [0.29, 0.717) is 5.52 Å². The van der Waals surface area contributed by atoms with Crippen molar-refractivity contribution in [3.05, 3.63) is 18.2 Å². The summed E-state index contributed by atoms with van der Waals surface area (Å²) in [6.45, 7) is 0. The van der Waals surface area contributed by atoms with Crippen molar-refractivity contribution in [3.63, 3.8) is 0 Å². The summed E-state index contributed by atoms with van der Waals surface area (Å²) >= 11 is 0.880. The average Bonchev–Trinajstić information content (AvgIpc) is 2.48. The number of hydrogen-bond acceptors (Lipinski definition) is 6. The van der Waals surface area contributed by atoms with Crippen molar-refractivity contribution in [1.29, 1.82) is 0 Å². The lowest BCUT2D eigenvalue weighted by Gasteiger charge is -2.05. The first-order chi connectivity index (χ1) is 6.09. The summed E-state index contributed by atoms with van der Waals surface area (Å²) in [7, 11) is -4.45. The maximum Gasteiger partial charge on any atom is 0.126 e. The van der Waals surface area contributed by atoms with Crippen LogP contribution in [-0.4, -0.2) is 21.7 Å². The first-order valence-corrected chi connectivity index (χ1v) is 5.40. The molecule has 0 fully saturated rings. The molecule has 0 unspecified atom stereocenters. The molecule has 0 saturated heterocycles. The Bertz CT molecular complexity index is 546. The van der Waals surface area contributed by atoms with Crippen LogP contribution in [-0.2, 0) is 10.1 Å². The van der Waals surface area contributed by atoms with E-state index in [1.165, 1.54) is 12.1 Å². The molecule has 0 aliphatic heterocycles. The molecular weight excluding hydrogens is 212 g/mol. The van der Waals surface area contributed by atoms with Crippen molar-refractivity contribution in [1.82, 2.24) is 8.75 Å². The van der Waals surface area contributed by atoms with Gasteiger partial charge < -0.3 is 4.55 Å². The van der Waals surface area contributed by atoms with Crippen LogP contribution in [0.25, 0.3) is 11.0 Å². The van der Waals surface area contributed by atoms with Crippen LogP contribution in [0.5, 0.6) is 0 Å². The molecule has 0 aliphatic rings. The second-order valence-electron chi connectivity index (χ2n) is 2.34. The molecule has 2 aromatic rings. The van der Waals surface area contributed by atoms with Crippen LogP contribution >= 0.6 is 11.7 Å². The molecule has 7 heteroatoms. The monoisotopic (exact) mass is 215 g/mol. The largest absolute Gasteiger partial charge is 0.744 e. The molecule has 0 atom stereocenters. The molecule has 0 amide bonds. The van der Waals surface area contributed by atoms with Gasteiger partial charge in [-0.25, -0.2) is 8.42 Å². The lowest BCUT2D eigenvalue weighted by molar-refractivity contribution is 0.464. The molecule has 1 aromatic heterocycles. The van der Waals surface area contributed by atoms with Crippen molar-refractivity contribution in [2.45, 2.75) is 4.90 Å². The topological polar surface area (TPSA) is 83.0 Å². The Morgan fingerprint density at radius 3 is 2.77 bits per heavy atom. The zero-order chi connectivity index (χ0) is 9.47. The summed E-state index contributed by atoms with van der Waals surface area (Å²) in [5.74, 6) is 0. The zero-order valence-electron chi connectivity index (χ0n) is 6.17. The Morgan fingerprint density at radius 1 is 1.31 bits per heavy atom. The molecule has 0 bridgehead atoms. The van der Waals surface area contributed by atoms with E-state index in [-0.39, 0.29) is 10.4 Å². The third kappa shape index (κ3) is 1.41. The summed E-state index contributed by atoms with van der Waals surface area (Å²) in [6, 6.07) is 4.30. The molecule has 0 saturated carbocycles. The minimum atomic E-state index is -4.45. The van der Waals surface area contributed by atoms with Gasteiger partial charge in [0.1, 0.15) is 21.2 Å². The fourth-order valence-corrected chi connectivity index (χ4v) is 2.22. The number of benzene rings is 1. The molecular formula is C6H3N2O3S2-. The van der Waals surface area contributed by atoms with Crippen molar-refractivity contribution in [3.8, 4) is 0 Å². The standard InChI is InChI=1S/C6H4N2O3S2/c9-13(10,11)5-3-1-2-4-6(5)8-12-7-4/h1-3H,(H,9,10,11)/p-1. The van der Waals surface area contributed by atoms with Crippen LogP contribution in [0.4, 0.5) is 0 Å². The van der Waals surface area contributed by atoms with Gasteiger partial charge >= 0.3 is 0 Å². The summed E-state index contributed by atoms with van der Waals surface area (Å²) < 4.78 is 39.7. The van der Waals surface area contributed by atoms with E-state index in [1.807, 2.05) is 0 Å². The fourth-order valence-electron chi connectivity index (χ4n) is 0.983. The maximum absolute atomic E-state index is 10.7. The Balaban J connectivity index is 2.91. The van der Waals surface area contributed by atoms with Crippen molar-refractivity contribution in [2.24, 2.45) is 0 Å². The smallest absolute Gasteiger partial charge is 0.126 e. The van der Waals surface area contributed by atoms with Crippen LogP contribution in [0, 0.1) is 0 Å². The van der Waals surface area contributed by atoms with Gasteiger partial charge in [-0.2, -0.15) is 8.75 Å². The van der Waals surface area contributed by atoms with Gasteiger partial charge in [0.05, 0.1) is 16.6 Å². The second-order valence-corrected chi connectivity index (χ2v) is 4.22. The summed E-state index contributed by atoms with van der Waals surface area (Å²) in [6.07, 6.45) is 0. The van der Waals surface area contributed by atoms with Crippen molar-refractivity contribution in [2.75, 3.05) is 0 Å². The van der Waals surface area contributed by atoms with E-state index in [0.717, 1.165) is 11.7 Å². The molecule has 1 heterocycles. The predicted octanol–water partition coefficient (Wildman–Crippen LogP) is 0.595. The number of fused-ring (bicyclic) bond motifs is 1. The number of aromatic nitrogens is 2. The van der Waals surface area contributed by atoms with Crippen LogP contribution in [0.3, 0.4) is 0 Å². The van der Waals surface area contributed by atoms with Gasteiger partial charge in [0, 0.05) is 0 Å². The Hall–Kier alpha value is -1.05. The highest BCUT2D eigenvalue weighted by Crippen LogP contribution is 2.20. The third-order valence-corrected chi connectivity index (χ3v) is 2.93. The van der Waals surface area contributed by atoms with Gasteiger partial charge in [-0.05, 0) is 12.1 Å². The van der Waals surface area contributed by atoms with Gasteiger partial charge in [0.15, 0.2) is 0 Å². The SMILES string of the molecule is O=S(=O)([O-])c1cccc2nsnc12.